The molecule has 0 aromatic heterocycles. The van der Waals surface area contributed by atoms with Gasteiger partial charge in [0.05, 0.1) is 56.2 Å². The van der Waals surface area contributed by atoms with Crippen molar-refractivity contribution >= 4 is 41.4 Å². The second kappa shape index (κ2) is 18.8. The van der Waals surface area contributed by atoms with Gasteiger partial charge in [-0.05, 0) is 63.6 Å². The summed E-state index contributed by atoms with van der Waals surface area (Å²) in [6.07, 6.45) is 1.12. The number of aromatic hydroxyl groups is 1. The topological polar surface area (TPSA) is 151 Å². The van der Waals surface area contributed by atoms with Crippen LogP contribution in [0, 0.1) is 0 Å². The van der Waals surface area contributed by atoms with Crippen LogP contribution in [0.15, 0.2) is 64.0 Å². The smallest absolute Gasteiger partial charge is 0.407 e. The highest BCUT2D eigenvalue weighted by Crippen LogP contribution is 2.41. The summed E-state index contributed by atoms with van der Waals surface area (Å²) in [5.74, 6) is -0.987. The number of benzene rings is 2. The van der Waals surface area contributed by atoms with Gasteiger partial charge in [0, 0.05) is 12.2 Å². The van der Waals surface area contributed by atoms with E-state index in [1.807, 2.05) is 30.3 Å². The predicted octanol–water partition coefficient (Wildman–Crippen LogP) is 4.89. The number of amides is 1. The van der Waals surface area contributed by atoms with Crippen molar-refractivity contribution in [2.45, 2.75) is 33.3 Å². The molecule has 0 atom stereocenters. The quantitative estimate of drug-likeness (QED) is 0.0866. The number of hydrogen-bond donors (Lipinski definition) is 3. The van der Waals surface area contributed by atoms with Gasteiger partial charge in [-0.3, -0.25) is 4.79 Å². The van der Waals surface area contributed by atoms with E-state index in [0.717, 1.165) is 17.4 Å². The molecular formula is C33H42N2O10S. The van der Waals surface area contributed by atoms with Crippen molar-refractivity contribution in [2.75, 3.05) is 64.7 Å². The summed E-state index contributed by atoms with van der Waals surface area (Å²) < 4.78 is 32.2. The SMILES string of the molecule is CCOC(=O)C1=C(Nc2ccccc2)S/C(=C\c2ccc(OCCOCCOCCOCCNC(=O)OC(C)(C)C)c(O)c2)C1=O. The third-order valence-corrected chi connectivity index (χ3v) is 6.86. The molecule has 2 aromatic rings. The zero-order valence-electron chi connectivity index (χ0n) is 26.6. The van der Waals surface area contributed by atoms with Gasteiger partial charge in [0.1, 0.15) is 17.8 Å². The zero-order valence-corrected chi connectivity index (χ0v) is 27.4. The third kappa shape index (κ3) is 12.8. The Hall–Kier alpha value is -4.04. The molecule has 1 aliphatic rings. The maximum atomic E-state index is 13.2. The first kappa shape index (κ1) is 36.4. The first-order valence-corrected chi connectivity index (χ1v) is 15.7. The summed E-state index contributed by atoms with van der Waals surface area (Å²) in [7, 11) is 0. The summed E-state index contributed by atoms with van der Waals surface area (Å²) >= 11 is 1.13. The van der Waals surface area contributed by atoms with E-state index in [-0.39, 0.29) is 36.9 Å². The number of hydrogen-bond acceptors (Lipinski definition) is 12. The summed E-state index contributed by atoms with van der Waals surface area (Å²) in [5, 5.41) is 16.6. The van der Waals surface area contributed by atoms with E-state index < -0.39 is 23.4 Å². The number of ether oxygens (including phenoxy) is 6. The number of thioether (sulfide) groups is 1. The van der Waals surface area contributed by atoms with Crippen molar-refractivity contribution in [3.8, 4) is 11.5 Å². The van der Waals surface area contributed by atoms with E-state index in [4.69, 9.17) is 28.4 Å². The van der Waals surface area contributed by atoms with Gasteiger partial charge >= 0.3 is 12.1 Å². The fraction of sp³-hybridized carbons (Fsp3) is 0.424. The first-order chi connectivity index (χ1) is 22.1. The van der Waals surface area contributed by atoms with E-state index >= 15 is 0 Å². The van der Waals surface area contributed by atoms with Crippen LogP contribution < -0.4 is 15.4 Å². The van der Waals surface area contributed by atoms with E-state index in [1.54, 1.807) is 45.9 Å². The zero-order chi connectivity index (χ0) is 33.4. The van der Waals surface area contributed by atoms with Crippen molar-refractivity contribution in [1.82, 2.24) is 5.32 Å². The molecule has 12 nitrogen and oxygen atoms in total. The number of carbonyl (C=O) groups is 3. The molecule has 3 N–H and O–H groups in total. The molecular weight excluding hydrogens is 616 g/mol. The largest absolute Gasteiger partial charge is 0.504 e. The number of allylic oxidation sites excluding steroid dienone is 1. The molecule has 3 rings (SSSR count). The number of esters is 1. The fourth-order valence-electron chi connectivity index (χ4n) is 3.85. The molecule has 0 spiro atoms. The molecule has 2 aromatic carbocycles. The minimum atomic E-state index is -0.697. The van der Waals surface area contributed by atoms with Gasteiger partial charge in [0.2, 0.25) is 5.78 Å². The molecule has 0 aliphatic carbocycles. The van der Waals surface area contributed by atoms with E-state index in [0.29, 0.717) is 55.1 Å². The van der Waals surface area contributed by atoms with Crippen molar-refractivity contribution < 1.29 is 47.9 Å². The predicted molar refractivity (Wildman–Crippen MR) is 175 cm³/mol. The molecule has 1 amide bonds. The molecule has 46 heavy (non-hydrogen) atoms. The molecule has 1 heterocycles. The summed E-state index contributed by atoms with van der Waals surface area (Å²) in [6.45, 7) is 9.89. The highest BCUT2D eigenvalue weighted by Gasteiger charge is 2.35. The Morgan fingerprint density at radius 2 is 1.57 bits per heavy atom. The van der Waals surface area contributed by atoms with Gasteiger partial charge in [-0.15, -0.1) is 0 Å². The van der Waals surface area contributed by atoms with Gasteiger partial charge < -0.3 is 44.2 Å². The Kier molecular flexibility index (Phi) is 14.9. The molecule has 0 saturated heterocycles. The van der Waals surface area contributed by atoms with Crippen LogP contribution in [-0.4, -0.2) is 88.0 Å². The van der Waals surface area contributed by atoms with Crippen LogP contribution in [0.5, 0.6) is 11.5 Å². The van der Waals surface area contributed by atoms with Gasteiger partial charge in [-0.2, -0.15) is 0 Å². The third-order valence-electron chi connectivity index (χ3n) is 5.83. The number of carbonyl (C=O) groups excluding carboxylic acids is 3. The van der Waals surface area contributed by atoms with Crippen LogP contribution in [0.2, 0.25) is 0 Å². The van der Waals surface area contributed by atoms with E-state index in [1.165, 1.54) is 6.07 Å². The molecule has 0 saturated carbocycles. The number of Topliss-reactive ketones (excluding diaryl/α,β-unsaturated/α-hetero) is 1. The number of ketones is 1. The number of nitrogens with one attached hydrogen (secondary N) is 2. The Bertz CT molecular complexity index is 1370. The minimum absolute atomic E-state index is 0.0606. The fourth-order valence-corrected chi connectivity index (χ4v) is 4.90. The Balaban J connectivity index is 1.35. The number of anilines is 1. The van der Waals surface area contributed by atoms with Crippen LogP contribution in [0.3, 0.4) is 0 Å². The monoisotopic (exact) mass is 658 g/mol. The molecule has 0 bridgehead atoms. The lowest BCUT2D eigenvalue weighted by Crippen LogP contribution is -2.34. The number of para-hydroxylation sites is 1. The highest BCUT2D eigenvalue weighted by molar-refractivity contribution is 8.08. The molecule has 0 fully saturated rings. The van der Waals surface area contributed by atoms with Crippen LogP contribution in [-0.2, 0) is 33.3 Å². The molecule has 250 valence electrons. The molecule has 1 aliphatic heterocycles. The number of phenolic OH excluding ortho intramolecular Hbond substituents is 1. The average molecular weight is 659 g/mol. The first-order valence-electron chi connectivity index (χ1n) is 14.9. The normalized spacial score (nSPS) is 14.0. The van der Waals surface area contributed by atoms with Crippen LogP contribution in [0.1, 0.15) is 33.3 Å². The van der Waals surface area contributed by atoms with Crippen LogP contribution in [0.25, 0.3) is 6.08 Å². The lowest BCUT2D eigenvalue weighted by Gasteiger charge is -2.19. The maximum Gasteiger partial charge on any atom is 0.407 e. The molecule has 0 radical (unpaired) electrons. The van der Waals surface area contributed by atoms with Crippen molar-refractivity contribution in [1.29, 1.82) is 0 Å². The second-order valence-electron chi connectivity index (χ2n) is 10.7. The lowest BCUT2D eigenvalue weighted by molar-refractivity contribution is -0.139. The minimum Gasteiger partial charge on any atom is -0.504 e. The number of alkyl carbamates (subject to hydrolysis) is 1. The van der Waals surface area contributed by atoms with Gasteiger partial charge in [0.15, 0.2) is 11.5 Å². The highest BCUT2D eigenvalue weighted by atomic mass is 32.2. The molecule has 0 unspecified atom stereocenters. The average Bonchev–Trinajstić information content (AvgIpc) is 3.29. The lowest BCUT2D eigenvalue weighted by atomic mass is 10.1. The van der Waals surface area contributed by atoms with Crippen LogP contribution >= 0.6 is 11.8 Å². The van der Waals surface area contributed by atoms with E-state index in [9.17, 15) is 19.5 Å². The standard InChI is InChI=1S/C33H42N2O10S/c1-5-43-31(38)28-29(37)27(46-30(28)35-24-9-7-6-8-10-24)22-23-11-12-26(25(36)21-23)44-20-19-42-18-17-41-16-15-40-14-13-34-32(39)45-33(2,3)4/h6-12,21-22,35-36H,5,13-20H2,1-4H3,(H,34,39)/b27-22-. The van der Waals surface area contributed by atoms with Crippen molar-refractivity contribution in [3.63, 3.8) is 0 Å². The summed E-state index contributed by atoms with van der Waals surface area (Å²) in [4.78, 5) is 37.6. The van der Waals surface area contributed by atoms with Gasteiger partial charge in [-0.25, -0.2) is 9.59 Å². The number of phenols is 1. The second-order valence-corrected chi connectivity index (χ2v) is 11.7. The molecule has 13 heteroatoms. The van der Waals surface area contributed by atoms with Gasteiger partial charge in [0.25, 0.3) is 0 Å². The summed E-state index contributed by atoms with van der Waals surface area (Å²) in [6, 6.07) is 14.0. The van der Waals surface area contributed by atoms with Crippen LogP contribution in [0.4, 0.5) is 10.5 Å². The Morgan fingerprint density at radius 1 is 0.913 bits per heavy atom. The number of rotatable bonds is 18. The summed E-state index contributed by atoms with van der Waals surface area (Å²) in [5.41, 5.74) is 0.683. The Morgan fingerprint density at radius 3 is 2.20 bits per heavy atom. The van der Waals surface area contributed by atoms with Crippen molar-refractivity contribution in [2.24, 2.45) is 0 Å². The Labute approximate surface area is 273 Å². The van der Waals surface area contributed by atoms with Gasteiger partial charge in [-0.1, -0.05) is 36.0 Å². The van der Waals surface area contributed by atoms with Crippen molar-refractivity contribution in [3.05, 3.63) is 69.6 Å². The van der Waals surface area contributed by atoms with E-state index in [2.05, 4.69) is 10.6 Å². The maximum absolute atomic E-state index is 13.2.